The van der Waals surface area contributed by atoms with Crippen molar-refractivity contribution >= 4 is 33.5 Å². The zero-order chi connectivity index (χ0) is 15.4. The topological polar surface area (TPSA) is 66.4 Å². The van der Waals surface area contributed by atoms with Crippen LogP contribution < -0.4 is 5.32 Å². The first-order valence-electron chi connectivity index (χ1n) is 7.54. The number of carbonyl (C=O) groups is 2. The molecule has 22 heavy (non-hydrogen) atoms. The highest BCUT2D eigenvalue weighted by Gasteiger charge is 2.62. The Hall–Kier alpha value is -1.62. The lowest BCUT2D eigenvalue weighted by Gasteiger charge is -2.41. The molecule has 1 amide bonds. The third-order valence-corrected chi connectivity index (χ3v) is 5.88. The van der Waals surface area contributed by atoms with Gasteiger partial charge in [0.05, 0.1) is 11.8 Å². The third-order valence-electron chi connectivity index (χ3n) is 5.35. The number of carbonyl (C=O) groups excluding carboxylic acids is 1. The molecule has 4 aliphatic rings. The first kappa shape index (κ1) is 14.0. The average molecular weight is 362 g/mol. The molecule has 5 rings (SSSR count). The van der Waals surface area contributed by atoms with E-state index in [2.05, 4.69) is 27.3 Å². The van der Waals surface area contributed by atoms with Gasteiger partial charge in [-0.3, -0.25) is 9.59 Å². The fourth-order valence-electron chi connectivity index (χ4n) is 4.33. The molecule has 0 unspecified atom stereocenters. The highest BCUT2D eigenvalue weighted by atomic mass is 79.9. The number of nitrogens with one attached hydrogen (secondary N) is 1. The number of anilines is 1. The van der Waals surface area contributed by atoms with Crippen LogP contribution in [-0.2, 0) is 9.59 Å². The lowest BCUT2D eigenvalue weighted by Crippen LogP contribution is -2.48. The lowest BCUT2D eigenvalue weighted by atomic mass is 9.62. The molecule has 2 bridgehead atoms. The number of hydrogen-bond acceptors (Lipinski definition) is 2. The van der Waals surface area contributed by atoms with E-state index in [9.17, 15) is 14.7 Å². The van der Waals surface area contributed by atoms with Crippen LogP contribution in [0.25, 0.3) is 0 Å². The number of fused-ring (bicyclic) bond motifs is 1. The fourth-order valence-corrected chi connectivity index (χ4v) is 4.59. The molecule has 2 fully saturated rings. The zero-order valence-corrected chi connectivity index (χ0v) is 13.4. The van der Waals surface area contributed by atoms with E-state index in [0.717, 1.165) is 10.9 Å². The van der Waals surface area contributed by atoms with Crippen molar-refractivity contribution in [3.05, 3.63) is 40.9 Å². The van der Waals surface area contributed by atoms with Gasteiger partial charge in [0.2, 0.25) is 5.91 Å². The van der Waals surface area contributed by atoms with E-state index in [1.165, 1.54) is 0 Å². The summed E-state index contributed by atoms with van der Waals surface area (Å²) in [6, 6.07) is 7.34. The highest BCUT2D eigenvalue weighted by molar-refractivity contribution is 9.10. The van der Waals surface area contributed by atoms with Crippen LogP contribution in [0.15, 0.2) is 40.9 Å². The van der Waals surface area contributed by atoms with Crippen molar-refractivity contribution in [2.45, 2.75) is 6.42 Å². The molecule has 6 atom stereocenters. The van der Waals surface area contributed by atoms with Crippen LogP contribution in [0.2, 0.25) is 0 Å². The molecule has 0 aromatic heterocycles. The van der Waals surface area contributed by atoms with Crippen molar-refractivity contribution in [3.8, 4) is 0 Å². The van der Waals surface area contributed by atoms with E-state index >= 15 is 0 Å². The number of allylic oxidation sites excluding steroid dienone is 2. The Bertz CT molecular complexity index is 669. The summed E-state index contributed by atoms with van der Waals surface area (Å²) >= 11 is 3.36. The first-order chi connectivity index (χ1) is 10.6. The van der Waals surface area contributed by atoms with Crippen LogP contribution in [0.5, 0.6) is 0 Å². The van der Waals surface area contributed by atoms with Gasteiger partial charge in [-0.1, -0.05) is 28.1 Å². The van der Waals surface area contributed by atoms with Gasteiger partial charge < -0.3 is 10.4 Å². The van der Waals surface area contributed by atoms with E-state index in [1.807, 2.05) is 30.3 Å². The number of rotatable bonds is 3. The molecule has 2 saturated carbocycles. The SMILES string of the molecule is O=C(O)[C@@H]1[C@H]2C=C[C@@H]([C@@H]3C[C@H]23)[C@H]1C(=O)Nc1ccc(Br)cc1. The van der Waals surface area contributed by atoms with Crippen LogP contribution in [0.1, 0.15) is 6.42 Å². The van der Waals surface area contributed by atoms with Crippen molar-refractivity contribution in [1.29, 1.82) is 0 Å². The van der Waals surface area contributed by atoms with Crippen LogP contribution in [0, 0.1) is 35.5 Å². The Labute approximate surface area is 136 Å². The van der Waals surface area contributed by atoms with Crippen molar-refractivity contribution in [2.75, 3.05) is 5.32 Å². The maximum Gasteiger partial charge on any atom is 0.307 e. The Morgan fingerprint density at radius 3 is 2.23 bits per heavy atom. The number of benzene rings is 1. The van der Waals surface area contributed by atoms with Crippen molar-refractivity contribution in [3.63, 3.8) is 0 Å². The molecular weight excluding hydrogens is 346 g/mol. The molecule has 0 heterocycles. The number of carboxylic acids is 1. The predicted molar refractivity (Wildman–Crippen MR) is 85.1 cm³/mol. The summed E-state index contributed by atoms with van der Waals surface area (Å²) in [4.78, 5) is 24.4. The van der Waals surface area contributed by atoms with E-state index < -0.39 is 17.8 Å². The molecule has 1 aromatic carbocycles. The molecule has 5 heteroatoms. The van der Waals surface area contributed by atoms with Gasteiger partial charge in [-0.05, 0) is 54.4 Å². The van der Waals surface area contributed by atoms with E-state index in [-0.39, 0.29) is 17.7 Å². The Kier molecular flexibility index (Phi) is 3.15. The van der Waals surface area contributed by atoms with Crippen molar-refractivity contribution in [2.24, 2.45) is 35.5 Å². The minimum absolute atomic E-state index is 0.0215. The smallest absolute Gasteiger partial charge is 0.307 e. The summed E-state index contributed by atoms with van der Waals surface area (Å²) in [6.07, 6.45) is 5.17. The molecular formula is C17H16BrNO3. The summed E-state index contributed by atoms with van der Waals surface area (Å²) in [5.41, 5.74) is 0.704. The Balaban J connectivity index is 1.60. The van der Waals surface area contributed by atoms with Crippen LogP contribution >= 0.6 is 15.9 Å². The van der Waals surface area contributed by atoms with Crippen molar-refractivity contribution < 1.29 is 14.7 Å². The third kappa shape index (κ3) is 2.10. The minimum atomic E-state index is -0.847. The Morgan fingerprint density at radius 2 is 1.64 bits per heavy atom. The summed E-state index contributed by atoms with van der Waals surface area (Å²) in [7, 11) is 0. The fraction of sp³-hybridized carbons (Fsp3) is 0.412. The molecule has 4 nitrogen and oxygen atoms in total. The second-order valence-corrected chi connectivity index (χ2v) is 7.40. The van der Waals surface area contributed by atoms with E-state index in [4.69, 9.17) is 0 Å². The molecule has 0 saturated heterocycles. The van der Waals surface area contributed by atoms with Gasteiger partial charge in [0.15, 0.2) is 0 Å². The van der Waals surface area contributed by atoms with Gasteiger partial charge in [0.1, 0.15) is 0 Å². The number of aliphatic carboxylic acids is 1. The number of halogens is 1. The summed E-state index contributed by atoms with van der Waals surface area (Å²) in [5, 5.41) is 12.5. The maximum atomic E-state index is 12.7. The normalized spacial score (nSPS) is 37.5. The molecule has 0 radical (unpaired) electrons. The van der Waals surface area contributed by atoms with Crippen LogP contribution in [-0.4, -0.2) is 17.0 Å². The quantitative estimate of drug-likeness (QED) is 0.812. The van der Waals surface area contributed by atoms with Gasteiger partial charge in [-0.25, -0.2) is 0 Å². The molecule has 114 valence electrons. The Morgan fingerprint density at radius 1 is 1.05 bits per heavy atom. The number of amides is 1. The monoisotopic (exact) mass is 361 g/mol. The summed E-state index contributed by atoms with van der Waals surface area (Å²) < 4.78 is 0.939. The van der Waals surface area contributed by atoms with Crippen LogP contribution in [0.4, 0.5) is 5.69 Å². The van der Waals surface area contributed by atoms with Gasteiger partial charge >= 0.3 is 5.97 Å². The summed E-state index contributed by atoms with van der Waals surface area (Å²) in [6.45, 7) is 0. The predicted octanol–water partition coefficient (Wildman–Crippen LogP) is 3.16. The standard InChI is InChI=1S/C17H16BrNO3/c18-8-1-3-9(4-2-8)19-16(20)14-10-5-6-11(13-7-12(10)13)15(14)17(21)22/h1-6,10-15H,7H2,(H,19,20)(H,21,22)/t10-,11-,12-,13+,14+,15+/m0/s1. The van der Waals surface area contributed by atoms with Gasteiger partial charge in [-0.15, -0.1) is 0 Å². The molecule has 2 N–H and O–H groups in total. The van der Waals surface area contributed by atoms with E-state index in [0.29, 0.717) is 17.5 Å². The van der Waals surface area contributed by atoms with Crippen LogP contribution in [0.3, 0.4) is 0 Å². The molecule has 0 spiro atoms. The van der Waals surface area contributed by atoms with Gasteiger partial charge in [-0.2, -0.15) is 0 Å². The second kappa shape index (κ2) is 4.95. The molecule has 4 aliphatic carbocycles. The lowest BCUT2D eigenvalue weighted by molar-refractivity contribution is -0.152. The number of hydrogen-bond donors (Lipinski definition) is 2. The van der Waals surface area contributed by atoms with Gasteiger partial charge in [0.25, 0.3) is 0 Å². The van der Waals surface area contributed by atoms with E-state index in [1.54, 1.807) is 0 Å². The summed E-state index contributed by atoms with van der Waals surface area (Å²) in [5.74, 6) is -0.979. The van der Waals surface area contributed by atoms with Crippen molar-refractivity contribution in [1.82, 2.24) is 0 Å². The molecule has 0 aliphatic heterocycles. The highest BCUT2D eigenvalue weighted by Crippen LogP contribution is 2.63. The second-order valence-electron chi connectivity index (χ2n) is 6.49. The maximum absolute atomic E-state index is 12.7. The molecule has 1 aromatic rings. The minimum Gasteiger partial charge on any atom is -0.481 e. The average Bonchev–Trinajstić information content (AvgIpc) is 3.30. The first-order valence-corrected chi connectivity index (χ1v) is 8.33. The van der Waals surface area contributed by atoms with Gasteiger partial charge in [0, 0.05) is 10.2 Å². The largest absolute Gasteiger partial charge is 0.481 e. The number of carboxylic acid groups (broad SMARTS) is 1. The zero-order valence-electron chi connectivity index (χ0n) is 11.8.